The van der Waals surface area contributed by atoms with Crippen LogP contribution in [0.4, 0.5) is 0 Å². The minimum atomic E-state index is 0.696. The standard InChI is InChI=1S/C21H22NO3/c1-22-16(10-9-15-7-5-6-8-19(15)22)11-12-18-20(24-3)13-17(23-2)14-21(18)25-4/h5-14H,1-4H3/q+1/b12-11+/i1-1. The zero-order valence-corrected chi connectivity index (χ0v) is 14.9. The van der Waals surface area contributed by atoms with Crippen LogP contribution in [0.2, 0.25) is 0 Å². The lowest BCUT2D eigenvalue weighted by atomic mass is 10.1. The van der Waals surface area contributed by atoms with Gasteiger partial charge in [-0.2, -0.15) is 4.57 Å². The average Bonchev–Trinajstić information content (AvgIpc) is 2.67. The Bertz CT molecular complexity index is 907. The van der Waals surface area contributed by atoms with Gasteiger partial charge in [-0.1, -0.05) is 12.1 Å². The van der Waals surface area contributed by atoms with E-state index in [1.54, 1.807) is 21.3 Å². The molecule has 4 heteroatoms. The molecule has 0 fully saturated rings. The van der Waals surface area contributed by atoms with Gasteiger partial charge in [-0.3, -0.25) is 0 Å². The molecule has 2 aromatic carbocycles. The summed E-state index contributed by atoms with van der Waals surface area (Å²) >= 11 is 0. The fraction of sp³-hybridized carbons (Fsp3) is 0.190. The number of aromatic nitrogens is 1. The summed E-state index contributed by atoms with van der Waals surface area (Å²) in [6.07, 6.45) is 4.06. The fourth-order valence-electron chi connectivity index (χ4n) is 2.89. The molecule has 25 heavy (non-hydrogen) atoms. The van der Waals surface area contributed by atoms with Crippen molar-refractivity contribution in [3.05, 3.63) is 59.8 Å². The van der Waals surface area contributed by atoms with Crippen LogP contribution >= 0.6 is 0 Å². The molecule has 0 bridgehead atoms. The highest BCUT2D eigenvalue weighted by atomic mass is 16.5. The first-order chi connectivity index (χ1) is 12.2. The van der Waals surface area contributed by atoms with Crippen LogP contribution in [-0.2, 0) is 7.05 Å². The van der Waals surface area contributed by atoms with E-state index in [1.807, 2.05) is 30.3 Å². The smallest absolute Gasteiger partial charge is 0.212 e. The van der Waals surface area contributed by atoms with E-state index in [2.05, 4.69) is 42.0 Å². The largest absolute Gasteiger partial charge is 0.496 e. The number of hydrogen-bond acceptors (Lipinski definition) is 3. The van der Waals surface area contributed by atoms with Gasteiger partial charge in [-0.15, -0.1) is 0 Å². The van der Waals surface area contributed by atoms with Crippen molar-refractivity contribution in [1.82, 2.24) is 0 Å². The van der Waals surface area contributed by atoms with E-state index in [-0.39, 0.29) is 0 Å². The number of rotatable bonds is 5. The molecule has 3 aromatic rings. The second-order valence-corrected chi connectivity index (χ2v) is 5.65. The lowest BCUT2D eigenvalue weighted by molar-refractivity contribution is -0.646. The Hall–Kier alpha value is -3.01. The van der Waals surface area contributed by atoms with Crippen molar-refractivity contribution in [3.63, 3.8) is 0 Å². The van der Waals surface area contributed by atoms with Crippen molar-refractivity contribution in [2.75, 3.05) is 21.3 Å². The molecule has 4 nitrogen and oxygen atoms in total. The number of para-hydroxylation sites is 1. The van der Waals surface area contributed by atoms with Crippen molar-refractivity contribution >= 4 is 23.1 Å². The quantitative estimate of drug-likeness (QED) is 0.664. The van der Waals surface area contributed by atoms with Gasteiger partial charge >= 0.3 is 0 Å². The van der Waals surface area contributed by atoms with E-state index in [0.717, 1.165) is 11.3 Å². The summed E-state index contributed by atoms with van der Waals surface area (Å²) in [7, 11) is 6.96. The molecule has 0 aliphatic rings. The van der Waals surface area contributed by atoms with Gasteiger partial charge in [0, 0.05) is 35.7 Å². The number of hydrogen-bond donors (Lipinski definition) is 0. The van der Waals surface area contributed by atoms with Crippen molar-refractivity contribution in [1.29, 1.82) is 0 Å². The Morgan fingerprint density at radius 2 is 1.48 bits per heavy atom. The highest BCUT2D eigenvalue weighted by Gasteiger charge is 2.13. The Labute approximate surface area is 147 Å². The van der Waals surface area contributed by atoms with Crippen LogP contribution in [-0.4, -0.2) is 21.3 Å². The Morgan fingerprint density at radius 3 is 2.12 bits per heavy atom. The highest BCUT2D eigenvalue weighted by molar-refractivity contribution is 5.79. The monoisotopic (exact) mass is 335 g/mol. The van der Waals surface area contributed by atoms with Crippen LogP contribution in [0.15, 0.2) is 48.5 Å². The summed E-state index contributed by atoms with van der Waals surface area (Å²) in [4.78, 5) is 0. The minimum absolute atomic E-state index is 0.696. The van der Waals surface area contributed by atoms with Gasteiger partial charge in [0.05, 0.1) is 26.9 Å². The lowest BCUT2D eigenvalue weighted by Gasteiger charge is -2.12. The van der Waals surface area contributed by atoms with Gasteiger partial charge in [0.15, 0.2) is 0 Å². The molecule has 0 radical (unpaired) electrons. The van der Waals surface area contributed by atoms with Crippen LogP contribution < -0.4 is 18.8 Å². The number of benzene rings is 2. The van der Waals surface area contributed by atoms with Gasteiger partial charge in [-0.25, -0.2) is 0 Å². The van der Waals surface area contributed by atoms with Crippen LogP contribution in [0.1, 0.15) is 11.3 Å². The maximum Gasteiger partial charge on any atom is 0.212 e. The molecule has 0 spiro atoms. The molecule has 0 amide bonds. The zero-order valence-electron chi connectivity index (χ0n) is 14.9. The topological polar surface area (TPSA) is 31.6 Å². The second kappa shape index (κ2) is 7.26. The fourth-order valence-corrected chi connectivity index (χ4v) is 2.89. The summed E-state index contributed by atoms with van der Waals surface area (Å²) < 4.78 is 18.5. The number of aryl methyl sites for hydroxylation is 1. The summed E-state index contributed by atoms with van der Waals surface area (Å²) in [5.41, 5.74) is 3.14. The lowest BCUT2D eigenvalue weighted by Crippen LogP contribution is -2.32. The summed E-state index contributed by atoms with van der Waals surface area (Å²) in [5.74, 6) is 2.11. The molecule has 0 saturated heterocycles. The Morgan fingerprint density at radius 1 is 0.800 bits per heavy atom. The third-order valence-electron chi connectivity index (χ3n) is 4.29. The maximum atomic E-state index is 5.50. The van der Waals surface area contributed by atoms with Crippen molar-refractivity contribution in [2.45, 2.75) is 0 Å². The van der Waals surface area contributed by atoms with Crippen molar-refractivity contribution in [2.24, 2.45) is 7.05 Å². The molecular weight excluding hydrogens is 313 g/mol. The van der Waals surface area contributed by atoms with Gasteiger partial charge in [-0.05, 0) is 18.2 Å². The SMILES string of the molecule is COc1cc(OC)c(/C=C/c2ccc3ccccc3[n+]2[11CH3])c(OC)c1. The van der Waals surface area contributed by atoms with E-state index >= 15 is 0 Å². The third kappa shape index (κ3) is 3.29. The molecule has 1 aromatic heterocycles. The van der Waals surface area contributed by atoms with E-state index in [0.29, 0.717) is 17.2 Å². The van der Waals surface area contributed by atoms with E-state index in [1.165, 1.54) is 10.9 Å². The average molecular weight is 335 g/mol. The Kier molecular flexibility index (Phi) is 4.89. The first kappa shape index (κ1) is 16.8. The van der Waals surface area contributed by atoms with Gasteiger partial charge < -0.3 is 14.2 Å². The number of pyridine rings is 1. The van der Waals surface area contributed by atoms with Crippen molar-refractivity contribution < 1.29 is 18.8 Å². The zero-order chi connectivity index (χ0) is 17.8. The molecular formula is C21H22NO3+. The van der Waals surface area contributed by atoms with E-state index in [9.17, 15) is 0 Å². The molecule has 0 aliphatic heterocycles. The summed E-state index contributed by atoms with van der Waals surface area (Å²) in [5, 5.41) is 1.21. The van der Waals surface area contributed by atoms with E-state index in [4.69, 9.17) is 14.2 Å². The van der Waals surface area contributed by atoms with Gasteiger partial charge in [0.2, 0.25) is 11.2 Å². The summed E-state index contributed by atoms with van der Waals surface area (Å²) in [6.45, 7) is 0. The third-order valence-corrected chi connectivity index (χ3v) is 4.29. The van der Waals surface area contributed by atoms with Gasteiger partial charge in [0.1, 0.15) is 24.3 Å². The second-order valence-electron chi connectivity index (χ2n) is 5.65. The molecule has 1 heterocycles. The van der Waals surface area contributed by atoms with Crippen LogP contribution in [0.3, 0.4) is 0 Å². The molecule has 0 aliphatic carbocycles. The number of nitrogens with zero attached hydrogens (tertiary/aromatic N) is 1. The predicted octanol–water partition coefficient (Wildman–Crippen LogP) is 3.86. The molecule has 0 atom stereocenters. The summed E-state index contributed by atoms with van der Waals surface area (Å²) in [6, 6.07) is 16.2. The molecule has 0 unspecified atom stereocenters. The first-order valence-corrected chi connectivity index (χ1v) is 8.03. The van der Waals surface area contributed by atoms with E-state index < -0.39 is 0 Å². The molecule has 0 saturated carbocycles. The molecule has 128 valence electrons. The molecule has 3 rings (SSSR count). The van der Waals surface area contributed by atoms with Gasteiger partial charge in [0.25, 0.3) is 0 Å². The minimum Gasteiger partial charge on any atom is -0.496 e. The Balaban J connectivity index is 2.06. The van der Waals surface area contributed by atoms with Crippen molar-refractivity contribution in [3.8, 4) is 17.2 Å². The predicted molar refractivity (Wildman–Crippen MR) is 100 cm³/mol. The number of fused-ring (bicyclic) bond motifs is 1. The first-order valence-electron chi connectivity index (χ1n) is 8.03. The van der Waals surface area contributed by atoms with Crippen LogP contribution in [0, 0.1) is 0 Å². The highest BCUT2D eigenvalue weighted by Crippen LogP contribution is 2.35. The van der Waals surface area contributed by atoms with Crippen LogP contribution in [0.25, 0.3) is 23.1 Å². The number of methoxy groups -OCH3 is 3. The maximum absolute atomic E-state index is 5.50. The number of ether oxygens (including phenoxy) is 3. The molecule has 0 N–H and O–H groups in total. The van der Waals surface area contributed by atoms with Crippen LogP contribution in [0.5, 0.6) is 17.2 Å². The normalized spacial score (nSPS) is 11.0.